The van der Waals surface area contributed by atoms with E-state index < -0.39 is 30.2 Å². The number of nitrogens with one attached hydrogen (secondary N) is 2. The van der Waals surface area contributed by atoms with E-state index in [2.05, 4.69) is 5.32 Å². The van der Waals surface area contributed by atoms with E-state index in [-0.39, 0.29) is 5.91 Å². The zero-order chi connectivity index (χ0) is 16.2. The summed E-state index contributed by atoms with van der Waals surface area (Å²) in [5.41, 5.74) is 0. The van der Waals surface area contributed by atoms with Crippen molar-refractivity contribution in [3.63, 3.8) is 0 Å². The van der Waals surface area contributed by atoms with Gasteiger partial charge in [0.15, 0.2) is 0 Å². The highest BCUT2D eigenvalue weighted by molar-refractivity contribution is 5.86. The average molecular weight is 309 g/mol. The number of alkyl halides is 3. The van der Waals surface area contributed by atoms with E-state index in [4.69, 9.17) is 0 Å². The number of carbonyl (C=O) groups is 2. The van der Waals surface area contributed by atoms with Crippen LogP contribution in [-0.2, 0) is 4.79 Å². The second-order valence-electron chi connectivity index (χ2n) is 5.64. The third-order valence-corrected chi connectivity index (χ3v) is 3.67. The number of hydrogen-bond acceptors (Lipinski definition) is 2. The maximum Gasteiger partial charge on any atom is 0.408 e. The number of rotatable bonds is 4. The van der Waals surface area contributed by atoms with Gasteiger partial charge < -0.3 is 15.5 Å². The lowest BCUT2D eigenvalue weighted by atomic mass is 9.98. The number of carbonyl (C=O) groups excluding carboxylic acids is 2. The molecule has 3 amide bonds. The molecular formula is C13H22F3N3O2. The minimum Gasteiger partial charge on any atom is -0.347 e. The minimum absolute atomic E-state index is 0.380. The molecule has 0 radical (unpaired) electrons. The van der Waals surface area contributed by atoms with Gasteiger partial charge in [-0.2, -0.15) is 13.2 Å². The zero-order valence-electron chi connectivity index (χ0n) is 12.5. The van der Waals surface area contributed by atoms with E-state index in [1.807, 2.05) is 5.32 Å². The Balaban J connectivity index is 2.62. The number of likely N-dealkylation sites (N-methyl/N-ethyl adjacent to an activating group) is 1. The van der Waals surface area contributed by atoms with E-state index in [0.717, 1.165) is 12.8 Å². The minimum atomic E-state index is -4.48. The molecule has 2 N–H and O–H groups in total. The lowest BCUT2D eigenvalue weighted by Crippen LogP contribution is -2.55. The number of halogens is 3. The molecule has 1 aliphatic rings. The Labute approximate surface area is 122 Å². The summed E-state index contributed by atoms with van der Waals surface area (Å²) >= 11 is 0. The van der Waals surface area contributed by atoms with Crippen LogP contribution in [0.2, 0.25) is 0 Å². The molecule has 0 saturated heterocycles. The maximum absolute atomic E-state index is 13.0. The first kappa shape index (κ1) is 17.6. The van der Waals surface area contributed by atoms with Crippen LogP contribution >= 0.6 is 0 Å². The summed E-state index contributed by atoms with van der Waals surface area (Å²) in [7, 11) is 3.02. The van der Waals surface area contributed by atoms with Crippen molar-refractivity contribution in [2.24, 2.45) is 5.92 Å². The van der Waals surface area contributed by atoms with Crippen LogP contribution in [0.15, 0.2) is 0 Å². The smallest absolute Gasteiger partial charge is 0.347 e. The fourth-order valence-corrected chi connectivity index (χ4v) is 2.59. The average Bonchev–Trinajstić information content (AvgIpc) is 2.86. The molecular weight excluding hydrogens is 287 g/mol. The van der Waals surface area contributed by atoms with Crippen molar-refractivity contribution in [2.45, 2.75) is 50.9 Å². The van der Waals surface area contributed by atoms with Crippen molar-refractivity contribution < 1.29 is 22.8 Å². The molecule has 0 spiro atoms. The molecule has 1 saturated carbocycles. The van der Waals surface area contributed by atoms with Crippen molar-refractivity contribution in [1.29, 1.82) is 0 Å². The van der Waals surface area contributed by atoms with Crippen LogP contribution in [0.5, 0.6) is 0 Å². The van der Waals surface area contributed by atoms with Gasteiger partial charge in [-0.25, -0.2) is 4.79 Å². The number of nitrogens with zero attached hydrogens (tertiary/aromatic N) is 1. The summed E-state index contributed by atoms with van der Waals surface area (Å²) in [6.07, 6.45) is -2.08. The Hall–Kier alpha value is -1.47. The quantitative estimate of drug-likeness (QED) is 0.833. The molecule has 0 bridgehead atoms. The number of urea groups is 1. The maximum atomic E-state index is 13.0. The summed E-state index contributed by atoms with van der Waals surface area (Å²) in [4.78, 5) is 24.5. The van der Waals surface area contributed by atoms with Gasteiger partial charge in [-0.3, -0.25) is 4.79 Å². The predicted molar refractivity (Wildman–Crippen MR) is 71.6 cm³/mol. The molecule has 21 heavy (non-hydrogen) atoms. The summed E-state index contributed by atoms with van der Waals surface area (Å²) in [6, 6.07) is -3.70. The predicted octanol–water partition coefficient (Wildman–Crippen LogP) is 1.88. The van der Waals surface area contributed by atoms with Crippen molar-refractivity contribution in [1.82, 2.24) is 15.5 Å². The molecule has 1 fully saturated rings. The molecule has 1 rings (SSSR count). The molecule has 5 nitrogen and oxygen atoms in total. The third-order valence-electron chi connectivity index (χ3n) is 3.67. The highest BCUT2D eigenvalue weighted by atomic mass is 19.4. The Morgan fingerprint density at radius 2 is 1.67 bits per heavy atom. The third kappa shape index (κ3) is 5.09. The molecule has 0 aromatic rings. The molecule has 0 heterocycles. The molecule has 1 unspecified atom stereocenters. The van der Waals surface area contributed by atoms with Crippen LogP contribution in [0.1, 0.15) is 32.6 Å². The van der Waals surface area contributed by atoms with Crippen molar-refractivity contribution in [3.8, 4) is 0 Å². The first-order valence-electron chi connectivity index (χ1n) is 6.98. The number of hydrogen-bond donors (Lipinski definition) is 2. The molecule has 0 aromatic carbocycles. The standard InChI is InChI=1S/C13H22F3N3O2/c1-8(11(20)19(2)3)17-12(21)18-10(13(14,15)16)9-6-4-5-7-9/h8-10H,4-7H2,1-3H3,(H2,17,18,21)/t8-,10?/m0/s1. The Bertz CT molecular complexity index is 379. The van der Waals surface area contributed by atoms with Gasteiger partial charge in [-0.1, -0.05) is 12.8 Å². The van der Waals surface area contributed by atoms with Crippen molar-refractivity contribution in [2.75, 3.05) is 14.1 Å². The fraction of sp³-hybridized carbons (Fsp3) is 0.846. The Morgan fingerprint density at radius 3 is 2.10 bits per heavy atom. The highest BCUT2D eigenvalue weighted by Crippen LogP contribution is 2.35. The van der Waals surface area contributed by atoms with Gasteiger partial charge >= 0.3 is 12.2 Å². The van der Waals surface area contributed by atoms with Gasteiger partial charge in [0.25, 0.3) is 0 Å². The first-order valence-corrected chi connectivity index (χ1v) is 6.98. The monoisotopic (exact) mass is 309 g/mol. The van der Waals surface area contributed by atoms with Crippen molar-refractivity contribution >= 4 is 11.9 Å². The summed E-state index contributed by atoms with van der Waals surface area (Å²) in [5, 5.41) is 4.22. The Kier molecular flexibility index (Phi) is 5.86. The SMILES string of the molecule is C[C@H](NC(=O)NC(C1CCCC1)C(F)(F)F)C(=O)N(C)C. The molecule has 8 heteroatoms. The second-order valence-corrected chi connectivity index (χ2v) is 5.64. The van der Waals surface area contributed by atoms with E-state index in [0.29, 0.717) is 12.8 Å². The summed E-state index contributed by atoms with van der Waals surface area (Å²) in [5.74, 6) is -0.967. The highest BCUT2D eigenvalue weighted by Gasteiger charge is 2.46. The van der Waals surface area contributed by atoms with Gasteiger partial charge in [0.2, 0.25) is 5.91 Å². The molecule has 122 valence electrons. The van der Waals surface area contributed by atoms with E-state index in [1.165, 1.54) is 25.9 Å². The molecule has 0 aliphatic heterocycles. The fourth-order valence-electron chi connectivity index (χ4n) is 2.59. The lowest BCUT2D eigenvalue weighted by Gasteiger charge is -2.28. The van der Waals surface area contributed by atoms with Gasteiger partial charge in [-0.05, 0) is 25.7 Å². The van der Waals surface area contributed by atoms with Gasteiger partial charge in [0.05, 0.1) is 0 Å². The van der Waals surface area contributed by atoms with Crippen LogP contribution in [0.3, 0.4) is 0 Å². The van der Waals surface area contributed by atoms with Gasteiger partial charge in [-0.15, -0.1) is 0 Å². The first-order chi connectivity index (χ1) is 9.62. The van der Waals surface area contributed by atoms with Gasteiger partial charge in [0, 0.05) is 14.1 Å². The van der Waals surface area contributed by atoms with Crippen molar-refractivity contribution in [3.05, 3.63) is 0 Å². The summed E-state index contributed by atoms with van der Waals surface area (Å²) < 4.78 is 39.1. The zero-order valence-corrected chi connectivity index (χ0v) is 12.5. The van der Waals surface area contributed by atoms with Crippen LogP contribution in [-0.4, -0.2) is 49.2 Å². The largest absolute Gasteiger partial charge is 0.408 e. The van der Waals surface area contributed by atoms with E-state index in [1.54, 1.807) is 0 Å². The van der Waals surface area contributed by atoms with E-state index >= 15 is 0 Å². The lowest BCUT2D eigenvalue weighted by molar-refractivity contribution is -0.164. The normalized spacial score (nSPS) is 19.0. The molecule has 2 atom stereocenters. The van der Waals surface area contributed by atoms with Crippen LogP contribution in [0, 0.1) is 5.92 Å². The van der Waals surface area contributed by atoms with Crippen LogP contribution < -0.4 is 10.6 Å². The topological polar surface area (TPSA) is 61.4 Å². The molecule has 0 aromatic heterocycles. The summed E-state index contributed by atoms with van der Waals surface area (Å²) in [6.45, 7) is 1.43. The number of amides is 3. The van der Waals surface area contributed by atoms with Crippen LogP contribution in [0.4, 0.5) is 18.0 Å². The molecule has 1 aliphatic carbocycles. The second kappa shape index (κ2) is 7.00. The Morgan fingerprint density at radius 1 is 1.14 bits per heavy atom. The van der Waals surface area contributed by atoms with Crippen LogP contribution in [0.25, 0.3) is 0 Å². The van der Waals surface area contributed by atoms with Gasteiger partial charge in [0.1, 0.15) is 12.1 Å². The van der Waals surface area contributed by atoms with E-state index in [9.17, 15) is 22.8 Å².